The molecule has 0 atom stereocenters. The van der Waals surface area contributed by atoms with Crippen LogP contribution >= 0.6 is 0 Å². The second-order valence-electron chi connectivity index (χ2n) is 4.08. The molecule has 0 aromatic carbocycles. The van der Waals surface area contributed by atoms with Gasteiger partial charge in [0, 0.05) is 17.9 Å². The standard InChI is InChI=1S/C11H16N2/c12-11(6-7-11)5-1-3-10-4-2-8-13-9-10/h2,4,8-9H,1,3,5-7,12H2. The first-order chi connectivity index (χ1) is 6.29. The Morgan fingerprint density at radius 1 is 1.46 bits per heavy atom. The number of pyridine rings is 1. The SMILES string of the molecule is NC1(CCCc2cccnc2)CC1. The van der Waals surface area contributed by atoms with Gasteiger partial charge in [-0.05, 0) is 43.7 Å². The Kier molecular flexibility index (Phi) is 2.32. The molecule has 0 unspecified atom stereocenters. The molecule has 13 heavy (non-hydrogen) atoms. The first kappa shape index (κ1) is 8.70. The van der Waals surface area contributed by atoms with Crippen LogP contribution in [0.15, 0.2) is 24.5 Å². The maximum absolute atomic E-state index is 6.00. The number of hydrogen-bond donors (Lipinski definition) is 1. The van der Waals surface area contributed by atoms with Crippen molar-refractivity contribution in [2.24, 2.45) is 5.73 Å². The van der Waals surface area contributed by atoms with Gasteiger partial charge in [-0.2, -0.15) is 0 Å². The molecule has 70 valence electrons. The third kappa shape index (κ3) is 2.52. The number of nitrogens with zero attached hydrogens (tertiary/aromatic N) is 1. The summed E-state index contributed by atoms with van der Waals surface area (Å²) < 4.78 is 0. The van der Waals surface area contributed by atoms with E-state index < -0.39 is 0 Å². The average molecular weight is 176 g/mol. The molecule has 1 aliphatic carbocycles. The van der Waals surface area contributed by atoms with Crippen LogP contribution in [0.3, 0.4) is 0 Å². The van der Waals surface area contributed by atoms with E-state index in [9.17, 15) is 0 Å². The molecule has 0 bridgehead atoms. The van der Waals surface area contributed by atoms with E-state index in [-0.39, 0.29) is 5.54 Å². The summed E-state index contributed by atoms with van der Waals surface area (Å²) in [6.45, 7) is 0. The Hall–Kier alpha value is -0.890. The van der Waals surface area contributed by atoms with Crippen molar-refractivity contribution >= 4 is 0 Å². The summed E-state index contributed by atoms with van der Waals surface area (Å²) in [6, 6.07) is 4.12. The molecular weight excluding hydrogens is 160 g/mol. The van der Waals surface area contributed by atoms with Crippen LogP contribution in [-0.2, 0) is 6.42 Å². The first-order valence-electron chi connectivity index (χ1n) is 4.96. The maximum Gasteiger partial charge on any atom is 0.0299 e. The van der Waals surface area contributed by atoms with Gasteiger partial charge in [0.05, 0.1) is 0 Å². The number of aromatic nitrogens is 1. The zero-order valence-electron chi connectivity index (χ0n) is 7.87. The van der Waals surface area contributed by atoms with Gasteiger partial charge in [-0.1, -0.05) is 6.07 Å². The Balaban J connectivity index is 1.74. The molecule has 1 aromatic rings. The van der Waals surface area contributed by atoms with Crippen molar-refractivity contribution in [2.45, 2.75) is 37.6 Å². The Labute approximate surface area is 79.2 Å². The molecule has 1 heterocycles. The second-order valence-corrected chi connectivity index (χ2v) is 4.08. The minimum Gasteiger partial charge on any atom is -0.325 e. The number of aryl methyl sites for hydroxylation is 1. The first-order valence-corrected chi connectivity index (χ1v) is 4.96. The summed E-state index contributed by atoms with van der Waals surface area (Å²) in [7, 11) is 0. The van der Waals surface area contributed by atoms with Crippen molar-refractivity contribution in [1.29, 1.82) is 0 Å². The van der Waals surface area contributed by atoms with Crippen LogP contribution in [-0.4, -0.2) is 10.5 Å². The van der Waals surface area contributed by atoms with Gasteiger partial charge in [-0.3, -0.25) is 4.98 Å². The summed E-state index contributed by atoms with van der Waals surface area (Å²) in [5.41, 5.74) is 7.53. The van der Waals surface area contributed by atoms with Gasteiger partial charge in [0.15, 0.2) is 0 Å². The zero-order valence-corrected chi connectivity index (χ0v) is 7.87. The molecule has 2 N–H and O–H groups in total. The quantitative estimate of drug-likeness (QED) is 0.761. The maximum atomic E-state index is 6.00. The average Bonchev–Trinajstić information content (AvgIpc) is 2.86. The molecular formula is C11H16N2. The van der Waals surface area contributed by atoms with Crippen molar-refractivity contribution in [3.63, 3.8) is 0 Å². The highest BCUT2D eigenvalue weighted by Crippen LogP contribution is 2.36. The van der Waals surface area contributed by atoms with E-state index in [0.29, 0.717) is 0 Å². The summed E-state index contributed by atoms with van der Waals surface area (Å²) in [5.74, 6) is 0. The lowest BCUT2D eigenvalue weighted by molar-refractivity contribution is 0.575. The summed E-state index contributed by atoms with van der Waals surface area (Å²) in [4.78, 5) is 4.08. The van der Waals surface area contributed by atoms with Crippen LogP contribution in [0.4, 0.5) is 0 Å². The minimum atomic E-state index is 0.211. The molecule has 2 heteroatoms. The van der Waals surface area contributed by atoms with Crippen molar-refractivity contribution in [2.75, 3.05) is 0 Å². The monoisotopic (exact) mass is 176 g/mol. The van der Waals surface area contributed by atoms with E-state index in [1.54, 1.807) is 0 Å². The molecule has 0 spiro atoms. The van der Waals surface area contributed by atoms with Crippen LogP contribution in [0.1, 0.15) is 31.2 Å². The Bertz CT molecular complexity index is 265. The van der Waals surface area contributed by atoms with E-state index in [2.05, 4.69) is 11.1 Å². The zero-order chi connectivity index (χ0) is 9.15. The summed E-state index contributed by atoms with van der Waals surface area (Å²) in [5, 5.41) is 0. The predicted molar refractivity (Wildman–Crippen MR) is 53.3 cm³/mol. The lowest BCUT2D eigenvalue weighted by Crippen LogP contribution is -2.21. The Morgan fingerprint density at radius 3 is 2.92 bits per heavy atom. The molecule has 0 radical (unpaired) electrons. The fourth-order valence-corrected chi connectivity index (χ4v) is 1.60. The Morgan fingerprint density at radius 2 is 2.31 bits per heavy atom. The van der Waals surface area contributed by atoms with Gasteiger partial charge in [0.1, 0.15) is 0 Å². The summed E-state index contributed by atoms with van der Waals surface area (Å²) in [6.07, 6.45) is 9.68. The van der Waals surface area contributed by atoms with Crippen LogP contribution in [0.2, 0.25) is 0 Å². The third-order valence-electron chi connectivity index (χ3n) is 2.76. The van der Waals surface area contributed by atoms with Crippen LogP contribution in [0.25, 0.3) is 0 Å². The smallest absolute Gasteiger partial charge is 0.0299 e. The molecule has 2 rings (SSSR count). The number of rotatable bonds is 4. The van der Waals surface area contributed by atoms with Gasteiger partial charge in [-0.25, -0.2) is 0 Å². The highest BCUT2D eigenvalue weighted by molar-refractivity contribution is 5.09. The minimum absolute atomic E-state index is 0.211. The van der Waals surface area contributed by atoms with E-state index >= 15 is 0 Å². The molecule has 2 nitrogen and oxygen atoms in total. The van der Waals surface area contributed by atoms with Gasteiger partial charge in [-0.15, -0.1) is 0 Å². The lowest BCUT2D eigenvalue weighted by atomic mass is 10.1. The van der Waals surface area contributed by atoms with Crippen molar-refractivity contribution < 1.29 is 0 Å². The van der Waals surface area contributed by atoms with E-state index in [1.165, 1.54) is 31.2 Å². The molecule has 1 aromatic heterocycles. The van der Waals surface area contributed by atoms with E-state index in [4.69, 9.17) is 5.73 Å². The highest BCUT2D eigenvalue weighted by atomic mass is 14.8. The van der Waals surface area contributed by atoms with Gasteiger partial charge in [0.2, 0.25) is 0 Å². The topological polar surface area (TPSA) is 38.9 Å². The van der Waals surface area contributed by atoms with E-state index in [0.717, 1.165) is 6.42 Å². The lowest BCUT2D eigenvalue weighted by Gasteiger charge is -2.07. The number of nitrogens with two attached hydrogens (primary N) is 1. The fourth-order valence-electron chi connectivity index (χ4n) is 1.60. The molecule has 1 saturated carbocycles. The molecule has 0 saturated heterocycles. The van der Waals surface area contributed by atoms with Crippen molar-refractivity contribution in [1.82, 2.24) is 4.98 Å². The summed E-state index contributed by atoms with van der Waals surface area (Å²) >= 11 is 0. The van der Waals surface area contributed by atoms with E-state index in [1.807, 2.05) is 18.5 Å². The highest BCUT2D eigenvalue weighted by Gasteiger charge is 2.36. The molecule has 0 amide bonds. The fraction of sp³-hybridized carbons (Fsp3) is 0.545. The molecule has 0 aliphatic heterocycles. The van der Waals surface area contributed by atoms with Gasteiger partial charge < -0.3 is 5.73 Å². The van der Waals surface area contributed by atoms with Gasteiger partial charge >= 0.3 is 0 Å². The van der Waals surface area contributed by atoms with Crippen molar-refractivity contribution in [3.05, 3.63) is 30.1 Å². The van der Waals surface area contributed by atoms with Crippen LogP contribution < -0.4 is 5.73 Å². The largest absolute Gasteiger partial charge is 0.325 e. The predicted octanol–water partition coefficient (Wildman–Crippen LogP) is 1.90. The van der Waals surface area contributed by atoms with Crippen LogP contribution in [0.5, 0.6) is 0 Å². The normalized spacial score (nSPS) is 18.5. The third-order valence-corrected chi connectivity index (χ3v) is 2.76. The number of hydrogen-bond acceptors (Lipinski definition) is 2. The van der Waals surface area contributed by atoms with Crippen molar-refractivity contribution in [3.8, 4) is 0 Å². The molecule has 1 aliphatic rings. The second kappa shape index (κ2) is 3.46. The van der Waals surface area contributed by atoms with Gasteiger partial charge in [0.25, 0.3) is 0 Å². The molecule has 1 fully saturated rings. The van der Waals surface area contributed by atoms with Crippen LogP contribution in [0, 0.1) is 0 Å².